The molecule has 5 rings (SSSR count). The van der Waals surface area contributed by atoms with Gasteiger partial charge in [-0.15, -0.1) is 10.2 Å². The molecule has 4 aromatic rings. The van der Waals surface area contributed by atoms with Gasteiger partial charge in [0.2, 0.25) is 5.89 Å². The van der Waals surface area contributed by atoms with E-state index in [0.29, 0.717) is 11.8 Å². The molecule has 0 saturated heterocycles. The van der Waals surface area contributed by atoms with Crippen LogP contribution in [0.15, 0.2) is 65.5 Å². The quantitative estimate of drug-likeness (QED) is 0.509. The lowest BCUT2D eigenvalue weighted by Crippen LogP contribution is -2.37. The highest BCUT2D eigenvalue weighted by molar-refractivity contribution is 5.70. The monoisotopic (exact) mass is 414 g/mol. The van der Waals surface area contributed by atoms with E-state index in [9.17, 15) is 0 Å². The Morgan fingerprint density at radius 3 is 2.61 bits per heavy atom. The van der Waals surface area contributed by atoms with Crippen LogP contribution in [0.25, 0.3) is 11.5 Å². The van der Waals surface area contributed by atoms with Crippen molar-refractivity contribution in [1.29, 1.82) is 0 Å². The summed E-state index contributed by atoms with van der Waals surface area (Å²) in [5, 5.41) is 17.1. The summed E-state index contributed by atoms with van der Waals surface area (Å²) >= 11 is 0. The van der Waals surface area contributed by atoms with Crippen LogP contribution in [0.1, 0.15) is 57.2 Å². The number of anilines is 1. The Morgan fingerprint density at radius 2 is 1.87 bits per heavy atom. The molecule has 4 heterocycles. The number of hydrogen-bond acceptors (Lipinski definition) is 6. The summed E-state index contributed by atoms with van der Waals surface area (Å²) in [6.45, 7) is 8.52. The molecule has 7 heteroatoms. The summed E-state index contributed by atoms with van der Waals surface area (Å²) in [6.07, 6.45) is 6.33. The first-order valence-electron chi connectivity index (χ1n) is 10.5. The zero-order valence-electron chi connectivity index (χ0n) is 18.2. The second kappa shape index (κ2) is 7.04. The minimum absolute atomic E-state index is 0.156. The van der Waals surface area contributed by atoms with Crippen LogP contribution in [0.5, 0.6) is 0 Å². The third kappa shape index (κ3) is 3.30. The Morgan fingerprint density at radius 1 is 1.06 bits per heavy atom. The van der Waals surface area contributed by atoms with Gasteiger partial charge in [-0.3, -0.25) is 4.98 Å². The van der Waals surface area contributed by atoms with Crippen molar-refractivity contribution in [2.45, 2.75) is 51.1 Å². The Labute approximate surface area is 181 Å². The van der Waals surface area contributed by atoms with Crippen LogP contribution in [-0.2, 0) is 11.0 Å². The van der Waals surface area contributed by atoms with Crippen LogP contribution in [0, 0.1) is 0 Å². The van der Waals surface area contributed by atoms with Gasteiger partial charge in [-0.05, 0) is 51.3 Å². The maximum Gasteiger partial charge on any atom is 0.253 e. The van der Waals surface area contributed by atoms with Crippen molar-refractivity contribution in [3.63, 3.8) is 0 Å². The maximum absolute atomic E-state index is 6.18. The van der Waals surface area contributed by atoms with Crippen molar-refractivity contribution in [2.75, 3.05) is 5.32 Å². The molecule has 0 saturated carbocycles. The van der Waals surface area contributed by atoms with Crippen LogP contribution in [0.2, 0.25) is 0 Å². The fraction of sp³-hybridized carbons (Fsp3) is 0.333. The Hall–Kier alpha value is -3.48. The fourth-order valence-corrected chi connectivity index (χ4v) is 4.23. The number of aromatic nitrogens is 5. The summed E-state index contributed by atoms with van der Waals surface area (Å²) in [5.41, 5.74) is 2.47. The van der Waals surface area contributed by atoms with E-state index in [2.05, 4.69) is 77.6 Å². The molecule has 0 spiro atoms. The largest absolute Gasteiger partial charge is 0.420 e. The molecule has 0 aliphatic carbocycles. The average molecular weight is 415 g/mol. The van der Waals surface area contributed by atoms with Gasteiger partial charge in [0, 0.05) is 12.4 Å². The molecule has 1 aromatic carbocycles. The molecule has 31 heavy (non-hydrogen) atoms. The van der Waals surface area contributed by atoms with E-state index in [0.717, 1.165) is 23.4 Å². The highest BCUT2D eigenvalue weighted by atomic mass is 16.4. The smallest absolute Gasteiger partial charge is 0.253 e. The first kappa shape index (κ1) is 19.5. The van der Waals surface area contributed by atoms with Gasteiger partial charge in [-0.2, -0.15) is 5.10 Å². The predicted octanol–water partition coefficient (Wildman–Crippen LogP) is 4.95. The lowest BCUT2D eigenvalue weighted by atomic mass is 9.86. The van der Waals surface area contributed by atoms with Gasteiger partial charge < -0.3 is 9.73 Å². The third-order valence-corrected chi connectivity index (χ3v) is 6.13. The molecule has 1 aliphatic rings. The van der Waals surface area contributed by atoms with Gasteiger partial charge in [0.1, 0.15) is 11.4 Å². The van der Waals surface area contributed by atoms with Crippen LogP contribution in [0.4, 0.5) is 5.82 Å². The summed E-state index contributed by atoms with van der Waals surface area (Å²) in [4.78, 5) is 4.23. The lowest BCUT2D eigenvalue weighted by molar-refractivity contribution is 0.263. The topological polar surface area (TPSA) is 81.7 Å². The molecule has 1 atom stereocenters. The van der Waals surface area contributed by atoms with Crippen LogP contribution >= 0.6 is 0 Å². The van der Waals surface area contributed by atoms with Gasteiger partial charge in [0.05, 0.1) is 23.2 Å². The zero-order chi connectivity index (χ0) is 21.6. The molecule has 0 radical (unpaired) electrons. The maximum atomic E-state index is 6.18. The molecule has 7 nitrogen and oxygen atoms in total. The first-order chi connectivity index (χ1) is 14.9. The van der Waals surface area contributed by atoms with Crippen molar-refractivity contribution in [3.05, 3.63) is 78.1 Å². The summed E-state index contributed by atoms with van der Waals surface area (Å²) < 4.78 is 8.20. The van der Waals surface area contributed by atoms with Gasteiger partial charge in [-0.1, -0.05) is 36.4 Å². The van der Waals surface area contributed by atoms with E-state index in [-0.39, 0.29) is 11.6 Å². The molecule has 3 aromatic heterocycles. The van der Waals surface area contributed by atoms with Gasteiger partial charge >= 0.3 is 0 Å². The minimum atomic E-state index is -0.452. The van der Waals surface area contributed by atoms with Crippen LogP contribution in [-0.4, -0.2) is 25.0 Å². The highest BCUT2D eigenvalue weighted by Crippen LogP contribution is 2.43. The standard InChI is InChI=1S/C24H26N6O/c1-23(2)13-19(16-9-6-5-7-10-16)27-20-18(15-26-30(20)23)21-28-29-22(31-21)24(3,4)17-11-8-12-25-14-17/h5-12,14-15,19,27H,13H2,1-4H3. The number of hydrogen-bond donors (Lipinski definition) is 1. The molecule has 1 aliphatic heterocycles. The van der Waals surface area contributed by atoms with Gasteiger partial charge in [0.15, 0.2) is 0 Å². The van der Waals surface area contributed by atoms with Crippen molar-refractivity contribution < 1.29 is 4.42 Å². The van der Waals surface area contributed by atoms with E-state index in [1.54, 1.807) is 6.20 Å². The van der Waals surface area contributed by atoms with Gasteiger partial charge in [-0.25, -0.2) is 4.68 Å². The summed E-state index contributed by atoms with van der Waals surface area (Å²) in [5.74, 6) is 1.91. The highest BCUT2D eigenvalue weighted by Gasteiger charge is 2.37. The zero-order valence-corrected chi connectivity index (χ0v) is 18.2. The number of pyridine rings is 1. The summed E-state index contributed by atoms with van der Waals surface area (Å²) in [7, 11) is 0. The molecule has 0 bridgehead atoms. The molecule has 1 N–H and O–H groups in total. The molecule has 1 unspecified atom stereocenters. The Balaban J connectivity index is 1.52. The van der Waals surface area contributed by atoms with Crippen molar-refractivity contribution in [1.82, 2.24) is 25.0 Å². The predicted molar refractivity (Wildman–Crippen MR) is 119 cm³/mol. The van der Waals surface area contributed by atoms with Crippen LogP contribution in [0.3, 0.4) is 0 Å². The molecule has 0 fully saturated rings. The molecular weight excluding hydrogens is 388 g/mol. The SMILES string of the molecule is CC(C)(c1cccnc1)c1nnc(-c2cnn3c2NC(c2ccccc2)CC3(C)C)o1. The Kier molecular flexibility index (Phi) is 4.43. The normalized spacial score (nSPS) is 17.7. The number of rotatable bonds is 4. The van der Waals surface area contributed by atoms with Gasteiger partial charge in [0.25, 0.3) is 5.89 Å². The molecule has 158 valence electrons. The Bertz CT molecular complexity index is 1190. The number of fused-ring (bicyclic) bond motifs is 1. The van der Waals surface area contributed by atoms with Crippen molar-refractivity contribution in [2.24, 2.45) is 0 Å². The minimum Gasteiger partial charge on any atom is -0.420 e. The van der Waals surface area contributed by atoms with Crippen molar-refractivity contribution >= 4 is 5.82 Å². The average Bonchev–Trinajstić information content (AvgIpc) is 3.42. The molecular formula is C24H26N6O. The van der Waals surface area contributed by atoms with E-state index in [1.807, 2.05) is 35.3 Å². The number of benzene rings is 1. The first-order valence-corrected chi connectivity index (χ1v) is 10.5. The number of nitrogens with zero attached hydrogens (tertiary/aromatic N) is 5. The van der Waals surface area contributed by atoms with E-state index >= 15 is 0 Å². The second-order valence-corrected chi connectivity index (χ2v) is 9.22. The molecule has 0 amide bonds. The van der Waals surface area contributed by atoms with Crippen molar-refractivity contribution in [3.8, 4) is 11.5 Å². The van der Waals surface area contributed by atoms with Crippen LogP contribution < -0.4 is 5.32 Å². The van der Waals surface area contributed by atoms with E-state index < -0.39 is 5.41 Å². The van der Waals surface area contributed by atoms with E-state index in [1.165, 1.54) is 5.56 Å². The lowest BCUT2D eigenvalue weighted by Gasteiger charge is -2.38. The fourth-order valence-electron chi connectivity index (χ4n) is 4.23. The summed E-state index contributed by atoms with van der Waals surface area (Å²) in [6, 6.07) is 14.6. The third-order valence-electron chi connectivity index (χ3n) is 6.13. The second-order valence-electron chi connectivity index (χ2n) is 9.22. The number of nitrogens with one attached hydrogen (secondary N) is 1. The van der Waals surface area contributed by atoms with E-state index in [4.69, 9.17) is 4.42 Å².